The molecule has 0 aromatic heterocycles. The lowest BCUT2D eigenvalue weighted by Crippen LogP contribution is -2.27. The van der Waals surface area contributed by atoms with E-state index in [0.717, 1.165) is 33.1 Å². The Morgan fingerprint density at radius 1 is 1.12 bits per heavy atom. The fraction of sp³-hybridized carbons (Fsp3) is 0.158. The molecule has 25 heavy (non-hydrogen) atoms. The van der Waals surface area contributed by atoms with Gasteiger partial charge >= 0.3 is 0 Å². The average Bonchev–Trinajstić information content (AvgIpc) is 2.86. The van der Waals surface area contributed by atoms with Crippen LogP contribution in [0.1, 0.15) is 18.1 Å². The van der Waals surface area contributed by atoms with Crippen LogP contribution in [0.3, 0.4) is 0 Å². The van der Waals surface area contributed by atoms with Crippen LogP contribution in [0.4, 0.5) is 4.79 Å². The van der Waals surface area contributed by atoms with E-state index in [1.807, 2.05) is 55.5 Å². The van der Waals surface area contributed by atoms with Crippen LogP contribution in [-0.4, -0.2) is 22.7 Å². The lowest BCUT2D eigenvalue weighted by molar-refractivity contribution is -0.123. The summed E-state index contributed by atoms with van der Waals surface area (Å²) in [5.74, 6) is 0.515. The maximum atomic E-state index is 12.6. The van der Waals surface area contributed by atoms with Crippen LogP contribution in [0.15, 0.2) is 57.9 Å². The number of benzene rings is 2. The van der Waals surface area contributed by atoms with Gasteiger partial charge in [-0.1, -0.05) is 46.3 Å². The molecular formula is C19H16BrNO3S. The molecule has 3 rings (SSSR count). The van der Waals surface area contributed by atoms with Crippen LogP contribution in [0.2, 0.25) is 0 Å². The van der Waals surface area contributed by atoms with Gasteiger partial charge in [0, 0.05) is 4.47 Å². The summed E-state index contributed by atoms with van der Waals surface area (Å²) in [6.07, 6.45) is 1.74. The first-order valence-electron chi connectivity index (χ1n) is 7.80. The third kappa shape index (κ3) is 4.14. The molecule has 1 fully saturated rings. The van der Waals surface area contributed by atoms with Crippen LogP contribution in [0.25, 0.3) is 6.08 Å². The highest BCUT2D eigenvalue weighted by molar-refractivity contribution is 9.10. The smallest absolute Gasteiger partial charge is 0.293 e. The summed E-state index contributed by atoms with van der Waals surface area (Å²) in [4.78, 5) is 26.5. The molecule has 4 nitrogen and oxygen atoms in total. The second-order valence-electron chi connectivity index (χ2n) is 5.36. The fourth-order valence-electron chi connectivity index (χ4n) is 2.41. The molecule has 0 atom stereocenters. The lowest BCUT2D eigenvalue weighted by atomic mass is 10.2. The van der Waals surface area contributed by atoms with Gasteiger partial charge < -0.3 is 4.74 Å². The normalized spacial score (nSPS) is 15.9. The van der Waals surface area contributed by atoms with Crippen molar-refractivity contribution < 1.29 is 14.3 Å². The molecule has 0 unspecified atom stereocenters. The number of hydrogen-bond donors (Lipinski definition) is 0. The van der Waals surface area contributed by atoms with E-state index in [2.05, 4.69) is 15.9 Å². The third-order valence-electron chi connectivity index (χ3n) is 3.65. The minimum atomic E-state index is -0.264. The number of halogens is 1. The Hall–Kier alpha value is -2.05. The molecule has 128 valence electrons. The zero-order valence-corrected chi connectivity index (χ0v) is 16.0. The van der Waals surface area contributed by atoms with Crippen LogP contribution < -0.4 is 4.74 Å². The number of amides is 2. The van der Waals surface area contributed by atoms with Gasteiger partial charge in [-0.2, -0.15) is 0 Å². The number of hydrogen-bond acceptors (Lipinski definition) is 4. The zero-order valence-electron chi connectivity index (χ0n) is 13.6. The highest BCUT2D eigenvalue weighted by Crippen LogP contribution is 2.34. The molecule has 0 saturated carbocycles. The predicted molar refractivity (Wildman–Crippen MR) is 103 cm³/mol. The molecule has 0 radical (unpaired) electrons. The summed E-state index contributed by atoms with van der Waals surface area (Å²) in [5.41, 5.74) is 1.75. The summed E-state index contributed by atoms with van der Waals surface area (Å²) in [5, 5.41) is -0.252. The number of thioether (sulfide) groups is 1. The zero-order chi connectivity index (χ0) is 17.8. The predicted octanol–water partition coefficient (Wildman–Crippen LogP) is 5.08. The fourth-order valence-corrected chi connectivity index (χ4v) is 3.66. The van der Waals surface area contributed by atoms with Gasteiger partial charge in [0.15, 0.2) is 0 Å². The summed E-state index contributed by atoms with van der Waals surface area (Å²) < 4.78 is 6.28. The molecule has 1 heterocycles. The minimum absolute atomic E-state index is 0.252. The molecule has 6 heteroatoms. The first-order valence-corrected chi connectivity index (χ1v) is 9.41. The Balaban J connectivity index is 1.77. The molecule has 0 N–H and O–H groups in total. The SMILES string of the molecule is CCOc1ccc(/C=C2/SC(=O)N(Cc3ccccc3Br)C2=O)cc1. The first kappa shape index (κ1) is 17.8. The molecule has 1 saturated heterocycles. The van der Waals surface area contributed by atoms with E-state index in [0.29, 0.717) is 11.5 Å². The molecule has 1 aliphatic rings. The second kappa shape index (κ2) is 7.89. The number of nitrogens with zero attached hydrogens (tertiary/aromatic N) is 1. The van der Waals surface area contributed by atoms with Crippen LogP contribution in [-0.2, 0) is 11.3 Å². The number of rotatable bonds is 5. The molecule has 2 aromatic rings. The number of imide groups is 1. The maximum absolute atomic E-state index is 12.6. The minimum Gasteiger partial charge on any atom is -0.494 e. The van der Waals surface area contributed by atoms with Gasteiger partial charge in [-0.05, 0) is 54.1 Å². The summed E-state index contributed by atoms with van der Waals surface area (Å²) in [7, 11) is 0. The first-order chi connectivity index (χ1) is 12.1. The van der Waals surface area contributed by atoms with Crippen LogP contribution in [0.5, 0.6) is 5.75 Å². The molecular weight excluding hydrogens is 402 g/mol. The van der Waals surface area contributed by atoms with E-state index >= 15 is 0 Å². The van der Waals surface area contributed by atoms with Crippen LogP contribution >= 0.6 is 27.7 Å². The van der Waals surface area contributed by atoms with Gasteiger partial charge in [0.1, 0.15) is 5.75 Å². The summed E-state index contributed by atoms with van der Waals surface area (Å²) in [6.45, 7) is 2.79. The quantitative estimate of drug-likeness (QED) is 0.635. The monoisotopic (exact) mass is 417 g/mol. The number of ether oxygens (including phenoxy) is 1. The Labute approximate surface area is 159 Å². The standard InChI is InChI=1S/C19H16BrNO3S/c1-2-24-15-9-7-13(8-10-15)11-17-18(22)21(19(23)25-17)12-14-5-3-4-6-16(14)20/h3-11H,2,12H2,1H3/b17-11+. The van der Waals surface area contributed by atoms with Crippen molar-refractivity contribution in [3.05, 3.63) is 69.0 Å². The van der Waals surface area contributed by atoms with Gasteiger partial charge in [-0.25, -0.2) is 0 Å². The molecule has 0 spiro atoms. The third-order valence-corrected chi connectivity index (χ3v) is 5.33. The average molecular weight is 418 g/mol. The molecule has 0 aliphatic carbocycles. The van der Waals surface area contributed by atoms with Crippen molar-refractivity contribution in [1.82, 2.24) is 4.90 Å². The van der Waals surface area contributed by atoms with Crippen molar-refractivity contribution in [2.75, 3.05) is 6.61 Å². The molecule has 2 aromatic carbocycles. The number of carbonyl (C=O) groups is 2. The van der Waals surface area contributed by atoms with Crippen molar-refractivity contribution in [2.45, 2.75) is 13.5 Å². The molecule has 1 aliphatic heterocycles. The maximum Gasteiger partial charge on any atom is 0.293 e. The van der Waals surface area contributed by atoms with E-state index in [4.69, 9.17) is 4.74 Å². The van der Waals surface area contributed by atoms with Crippen molar-refractivity contribution in [2.24, 2.45) is 0 Å². The largest absolute Gasteiger partial charge is 0.494 e. The molecule has 2 amide bonds. The van der Waals surface area contributed by atoms with E-state index in [1.165, 1.54) is 4.90 Å². The van der Waals surface area contributed by atoms with Crippen molar-refractivity contribution in [3.63, 3.8) is 0 Å². The highest BCUT2D eigenvalue weighted by Gasteiger charge is 2.35. The van der Waals surface area contributed by atoms with Gasteiger partial charge in [-0.15, -0.1) is 0 Å². The van der Waals surface area contributed by atoms with E-state index in [9.17, 15) is 9.59 Å². The van der Waals surface area contributed by atoms with Crippen molar-refractivity contribution in [3.8, 4) is 5.75 Å². The molecule has 0 bridgehead atoms. The Kier molecular flexibility index (Phi) is 5.60. The van der Waals surface area contributed by atoms with Gasteiger partial charge in [0.2, 0.25) is 0 Å². The van der Waals surface area contributed by atoms with Crippen LogP contribution in [0, 0.1) is 0 Å². The van der Waals surface area contributed by atoms with Gasteiger partial charge in [0.25, 0.3) is 11.1 Å². The van der Waals surface area contributed by atoms with Gasteiger partial charge in [-0.3, -0.25) is 14.5 Å². The number of carbonyl (C=O) groups excluding carboxylic acids is 2. The Bertz CT molecular complexity index is 833. The lowest BCUT2D eigenvalue weighted by Gasteiger charge is -2.13. The second-order valence-corrected chi connectivity index (χ2v) is 7.21. The summed E-state index contributed by atoms with van der Waals surface area (Å²) in [6, 6.07) is 15.0. The van der Waals surface area contributed by atoms with Crippen molar-refractivity contribution >= 4 is 44.9 Å². The van der Waals surface area contributed by atoms with E-state index < -0.39 is 0 Å². The Morgan fingerprint density at radius 2 is 1.84 bits per heavy atom. The summed E-state index contributed by atoms with van der Waals surface area (Å²) >= 11 is 4.42. The van der Waals surface area contributed by atoms with E-state index in [1.54, 1.807) is 6.08 Å². The topological polar surface area (TPSA) is 46.6 Å². The Morgan fingerprint density at radius 3 is 2.52 bits per heavy atom. The van der Waals surface area contributed by atoms with Crippen molar-refractivity contribution in [1.29, 1.82) is 0 Å². The van der Waals surface area contributed by atoms with Gasteiger partial charge in [0.05, 0.1) is 18.1 Å². The van der Waals surface area contributed by atoms with E-state index in [-0.39, 0.29) is 17.7 Å². The highest BCUT2D eigenvalue weighted by atomic mass is 79.9.